The molecule has 0 radical (unpaired) electrons. The molecule has 1 N–H and O–H groups in total. The van der Waals surface area contributed by atoms with Crippen molar-refractivity contribution in [2.45, 2.75) is 6.18 Å². The second kappa shape index (κ2) is 6.64. The van der Waals surface area contributed by atoms with E-state index in [2.05, 4.69) is 5.32 Å². The van der Waals surface area contributed by atoms with Crippen LogP contribution in [0.1, 0.15) is 15.9 Å². The summed E-state index contributed by atoms with van der Waals surface area (Å²) in [5.74, 6) is -0.703. The van der Waals surface area contributed by atoms with Gasteiger partial charge in [0.15, 0.2) is 0 Å². The molecule has 0 aliphatic rings. The number of hydrogen-bond acceptors (Lipinski definition) is 1. The standard InChI is InChI=1S/C14H7Cl2F3INO/c15-10-3-1-7(5-11(10)16)13(22)21-12-4-2-8(20)6-9(12)14(17,18)19/h1-6H,(H,21,22). The topological polar surface area (TPSA) is 29.1 Å². The highest BCUT2D eigenvalue weighted by Crippen LogP contribution is 2.36. The van der Waals surface area contributed by atoms with Crippen LogP contribution in [0.3, 0.4) is 0 Å². The molecule has 0 spiro atoms. The summed E-state index contributed by atoms with van der Waals surface area (Å²) in [4.78, 5) is 12.1. The smallest absolute Gasteiger partial charge is 0.321 e. The van der Waals surface area contributed by atoms with Crippen molar-refractivity contribution in [1.29, 1.82) is 0 Å². The molecular formula is C14H7Cl2F3INO. The summed E-state index contributed by atoms with van der Waals surface area (Å²) in [5, 5.41) is 2.64. The van der Waals surface area contributed by atoms with Crippen LogP contribution in [0.2, 0.25) is 10.0 Å². The molecule has 1 amide bonds. The van der Waals surface area contributed by atoms with Crippen molar-refractivity contribution in [3.05, 3.63) is 61.1 Å². The maximum Gasteiger partial charge on any atom is 0.418 e. The highest BCUT2D eigenvalue weighted by atomic mass is 127. The van der Waals surface area contributed by atoms with Gasteiger partial charge in [0.05, 0.1) is 21.3 Å². The minimum Gasteiger partial charge on any atom is -0.321 e. The number of amides is 1. The number of rotatable bonds is 2. The van der Waals surface area contributed by atoms with Gasteiger partial charge in [-0.1, -0.05) is 23.2 Å². The minimum absolute atomic E-state index is 0.112. The normalized spacial score (nSPS) is 11.4. The van der Waals surface area contributed by atoms with Gasteiger partial charge in [-0.15, -0.1) is 0 Å². The second-order valence-electron chi connectivity index (χ2n) is 4.27. The van der Waals surface area contributed by atoms with Crippen molar-refractivity contribution >= 4 is 57.4 Å². The van der Waals surface area contributed by atoms with Crippen molar-refractivity contribution < 1.29 is 18.0 Å². The zero-order chi connectivity index (χ0) is 16.5. The molecule has 2 rings (SSSR count). The molecule has 0 saturated heterocycles. The first-order chi connectivity index (χ1) is 10.2. The van der Waals surface area contributed by atoms with Crippen LogP contribution in [0.15, 0.2) is 36.4 Å². The molecule has 0 aromatic heterocycles. The van der Waals surface area contributed by atoms with Crippen LogP contribution in [0.4, 0.5) is 18.9 Å². The van der Waals surface area contributed by atoms with Gasteiger partial charge in [0.1, 0.15) is 0 Å². The molecule has 2 nitrogen and oxygen atoms in total. The first-order valence-electron chi connectivity index (χ1n) is 5.81. The van der Waals surface area contributed by atoms with Gasteiger partial charge >= 0.3 is 6.18 Å². The average molecular weight is 460 g/mol. The average Bonchev–Trinajstić information content (AvgIpc) is 2.42. The molecule has 0 atom stereocenters. The van der Waals surface area contributed by atoms with Crippen molar-refractivity contribution in [1.82, 2.24) is 0 Å². The molecule has 0 bridgehead atoms. The molecule has 0 unspecified atom stereocenters. The summed E-state index contributed by atoms with van der Waals surface area (Å²) in [5.41, 5.74) is -1.11. The fourth-order valence-corrected chi connectivity index (χ4v) is 2.48. The molecule has 8 heteroatoms. The van der Waals surface area contributed by atoms with Crippen LogP contribution in [0.25, 0.3) is 0 Å². The highest BCUT2D eigenvalue weighted by molar-refractivity contribution is 14.1. The SMILES string of the molecule is O=C(Nc1ccc(I)cc1C(F)(F)F)c1ccc(Cl)c(Cl)c1. The Kier molecular flexibility index (Phi) is 5.24. The minimum atomic E-state index is -4.57. The number of anilines is 1. The van der Waals surface area contributed by atoms with Crippen molar-refractivity contribution in [2.75, 3.05) is 5.32 Å². The Bertz CT molecular complexity index is 735. The van der Waals surface area contributed by atoms with Crippen molar-refractivity contribution in [3.8, 4) is 0 Å². The maximum atomic E-state index is 13.0. The Labute approximate surface area is 147 Å². The van der Waals surface area contributed by atoms with E-state index in [1.165, 1.54) is 30.3 Å². The van der Waals surface area contributed by atoms with Gasteiger partial charge in [0.2, 0.25) is 0 Å². The molecule has 2 aromatic carbocycles. The van der Waals surface area contributed by atoms with Gasteiger partial charge in [-0.2, -0.15) is 13.2 Å². The van der Waals surface area contributed by atoms with Gasteiger partial charge in [-0.25, -0.2) is 0 Å². The predicted molar refractivity (Wildman–Crippen MR) is 88.6 cm³/mol. The molecule has 0 fully saturated rings. The fourth-order valence-electron chi connectivity index (χ4n) is 1.69. The van der Waals surface area contributed by atoms with E-state index < -0.39 is 17.6 Å². The third-order valence-electron chi connectivity index (χ3n) is 2.72. The third kappa shape index (κ3) is 4.05. The van der Waals surface area contributed by atoms with E-state index in [9.17, 15) is 18.0 Å². The zero-order valence-electron chi connectivity index (χ0n) is 10.6. The van der Waals surface area contributed by atoms with Gasteiger partial charge in [-0.05, 0) is 59.0 Å². The first kappa shape index (κ1) is 17.4. The number of halogens is 6. The first-order valence-corrected chi connectivity index (χ1v) is 7.65. The Morgan fingerprint density at radius 1 is 1.05 bits per heavy atom. The Hall–Kier alpha value is -0.990. The lowest BCUT2D eigenvalue weighted by atomic mass is 10.1. The summed E-state index contributed by atoms with van der Waals surface area (Å²) in [6.07, 6.45) is -4.57. The lowest BCUT2D eigenvalue weighted by molar-refractivity contribution is -0.137. The summed E-state index contributed by atoms with van der Waals surface area (Å²) in [6.45, 7) is 0. The monoisotopic (exact) mass is 459 g/mol. The number of carbonyl (C=O) groups excluding carboxylic acids is 1. The Morgan fingerprint density at radius 2 is 1.73 bits per heavy atom. The Balaban J connectivity index is 2.34. The number of nitrogens with one attached hydrogen (secondary N) is 1. The molecule has 0 aliphatic carbocycles. The van der Waals surface area contributed by atoms with Crippen LogP contribution < -0.4 is 5.32 Å². The lowest BCUT2D eigenvalue weighted by Gasteiger charge is -2.14. The molecule has 2 aromatic rings. The van der Waals surface area contributed by atoms with Gasteiger partial charge < -0.3 is 5.32 Å². The van der Waals surface area contributed by atoms with E-state index in [1.807, 2.05) is 0 Å². The molecule has 22 heavy (non-hydrogen) atoms. The summed E-state index contributed by atoms with van der Waals surface area (Å²) in [7, 11) is 0. The molecule has 0 aliphatic heterocycles. The Morgan fingerprint density at radius 3 is 2.32 bits per heavy atom. The van der Waals surface area contributed by atoms with E-state index in [0.717, 1.165) is 6.07 Å². The van der Waals surface area contributed by atoms with E-state index in [1.54, 1.807) is 22.6 Å². The van der Waals surface area contributed by atoms with Crippen LogP contribution in [-0.4, -0.2) is 5.91 Å². The zero-order valence-corrected chi connectivity index (χ0v) is 14.3. The van der Waals surface area contributed by atoms with E-state index in [4.69, 9.17) is 23.2 Å². The number of alkyl halides is 3. The lowest BCUT2D eigenvalue weighted by Crippen LogP contribution is -2.17. The highest BCUT2D eigenvalue weighted by Gasteiger charge is 2.34. The number of benzene rings is 2. The van der Waals surface area contributed by atoms with Crippen molar-refractivity contribution in [3.63, 3.8) is 0 Å². The predicted octanol–water partition coefficient (Wildman–Crippen LogP) is 5.87. The molecule has 0 saturated carbocycles. The van der Waals surface area contributed by atoms with Gasteiger partial charge in [-0.3, -0.25) is 4.79 Å². The van der Waals surface area contributed by atoms with Crippen molar-refractivity contribution in [2.24, 2.45) is 0 Å². The van der Waals surface area contributed by atoms with Crippen LogP contribution >= 0.6 is 45.8 Å². The van der Waals surface area contributed by atoms with Gasteiger partial charge in [0, 0.05) is 9.13 Å². The summed E-state index contributed by atoms with van der Waals surface area (Å²) in [6, 6.07) is 7.71. The third-order valence-corrected chi connectivity index (χ3v) is 4.13. The van der Waals surface area contributed by atoms with Crippen LogP contribution in [-0.2, 0) is 6.18 Å². The largest absolute Gasteiger partial charge is 0.418 e. The van der Waals surface area contributed by atoms with E-state index >= 15 is 0 Å². The molecule has 116 valence electrons. The molecular weight excluding hydrogens is 453 g/mol. The summed E-state index contributed by atoms with van der Waals surface area (Å²) < 4.78 is 39.4. The van der Waals surface area contributed by atoms with E-state index in [0.29, 0.717) is 3.57 Å². The number of carbonyl (C=O) groups is 1. The summed E-state index contributed by atoms with van der Waals surface area (Å²) >= 11 is 13.3. The van der Waals surface area contributed by atoms with Crippen LogP contribution in [0.5, 0.6) is 0 Å². The maximum absolute atomic E-state index is 13.0. The fraction of sp³-hybridized carbons (Fsp3) is 0.0714. The molecule has 0 heterocycles. The van der Waals surface area contributed by atoms with Crippen LogP contribution in [0, 0.1) is 3.57 Å². The second-order valence-corrected chi connectivity index (χ2v) is 6.33. The van der Waals surface area contributed by atoms with Gasteiger partial charge in [0.25, 0.3) is 5.91 Å². The quantitative estimate of drug-likeness (QED) is 0.559. The number of hydrogen-bond donors (Lipinski definition) is 1. The van der Waals surface area contributed by atoms with E-state index in [-0.39, 0.29) is 21.3 Å².